The smallest absolute Gasteiger partial charge is 0.416 e. The number of hydrogen-bond acceptors (Lipinski definition) is 1. The van der Waals surface area contributed by atoms with E-state index in [0.717, 1.165) is 48.5 Å². The first-order valence-corrected chi connectivity index (χ1v) is 7.20. The van der Waals surface area contributed by atoms with Gasteiger partial charge in [-0.2, -0.15) is 26.3 Å². The molecule has 0 aromatic heterocycles. The molecule has 138 valence electrons. The average Bonchev–Trinajstić information content (AvgIpc) is 2.54. The average molecular weight is 374 g/mol. The summed E-state index contributed by atoms with van der Waals surface area (Å²) in [5, 5.41) is 9.22. The lowest BCUT2D eigenvalue weighted by molar-refractivity contribution is -0.138. The van der Waals surface area contributed by atoms with E-state index in [4.69, 9.17) is 0 Å². The predicted molar refractivity (Wildman–Crippen MR) is 82.2 cm³/mol. The molecule has 0 bridgehead atoms. The molecule has 0 unspecified atom stereocenters. The highest BCUT2D eigenvalue weighted by molar-refractivity contribution is 6.00. The number of aliphatic carboxylic acids is 1. The van der Waals surface area contributed by atoms with E-state index in [-0.39, 0.29) is 22.3 Å². The molecule has 0 amide bonds. The van der Waals surface area contributed by atoms with Crippen molar-refractivity contribution >= 4 is 11.5 Å². The van der Waals surface area contributed by atoms with Crippen LogP contribution in [0.25, 0.3) is 5.57 Å². The summed E-state index contributed by atoms with van der Waals surface area (Å²) in [5.41, 5.74) is -1.69. The van der Waals surface area contributed by atoms with Gasteiger partial charge in [-0.3, -0.25) is 0 Å². The van der Waals surface area contributed by atoms with Crippen molar-refractivity contribution in [3.63, 3.8) is 0 Å². The van der Waals surface area contributed by atoms with Crippen LogP contribution in [0.2, 0.25) is 0 Å². The SMILES string of the molecule is CC(C(=O)O)=C(c1ccc(C(F)(F)F)cc1)c1ccc(C(F)(F)F)cc1. The van der Waals surface area contributed by atoms with E-state index in [1.807, 2.05) is 0 Å². The van der Waals surface area contributed by atoms with Crippen molar-refractivity contribution in [3.8, 4) is 0 Å². The van der Waals surface area contributed by atoms with Crippen LogP contribution in [0.3, 0.4) is 0 Å². The number of rotatable bonds is 3. The summed E-state index contributed by atoms with van der Waals surface area (Å²) in [5.74, 6) is -1.33. The highest BCUT2D eigenvalue weighted by Crippen LogP contribution is 2.34. The van der Waals surface area contributed by atoms with E-state index in [2.05, 4.69) is 0 Å². The number of halogens is 6. The number of alkyl halides is 6. The number of carbonyl (C=O) groups is 1. The van der Waals surface area contributed by atoms with Gasteiger partial charge >= 0.3 is 18.3 Å². The minimum absolute atomic E-state index is 0.0416. The predicted octanol–water partition coefficient (Wildman–Crippen LogP) is 5.63. The van der Waals surface area contributed by atoms with Gasteiger partial charge in [0.25, 0.3) is 0 Å². The molecule has 0 saturated carbocycles. The zero-order valence-corrected chi connectivity index (χ0v) is 13.2. The molecule has 0 radical (unpaired) electrons. The van der Waals surface area contributed by atoms with Crippen LogP contribution in [0, 0.1) is 0 Å². The molecule has 26 heavy (non-hydrogen) atoms. The van der Waals surface area contributed by atoms with Crippen molar-refractivity contribution < 1.29 is 36.2 Å². The maximum Gasteiger partial charge on any atom is 0.416 e. The maximum atomic E-state index is 12.7. The van der Waals surface area contributed by atoms with Gasteiger partial charge in [-0.15, -0.1) is 0 Å². The molecule has 2 rings (SSSR count). The Balaban J connectivity index is 2.56. The van der Waals surface area contributed by atoms with E-state index >= 15 is 0 Å². The zero-order chi connectivity index (χ0) is 19.7. The molecule has 1 N–H and O–H groups in total. The Bertz CT molecular complexity index is 768. The first-order chi connectivity index (χ1) is 11.9. The third-order valence-corrected chi connectivity index (χ3v) is 3.70. The van der Waals surface area contributed by atoms with Crippen molar-refractivity contribution in [1.29, 1.82) is 0 Å². The van der Waals surface area contributed by atoms with Crippen molar-refractivity contribution in [3.05, 3.63) is 76.4 Å². The second kappa shape index (κ2) is 6.86. The molecule has 2 nitrogen and oxygen atoms in total. The standard InChI is InChI=1S/C18H12F6O2/c1-10(16(25)26)15(11-2-6-13(7-3-11)17(19,20)21)12-4-8-14(9-5-12)18(22,23)24/h2-9H,1H3,(H,25,26). The van der Waals surface area contributed by atoms with Crippen LogP contribution in [0.1, 0.15) is 29.2 Å². The van der Waals surface area contributed by atoms with Gasteiger partial charge in [0.15, 0.2) is 0 Å². The van der Waals surface area contributed by atoms with E-state index in [1.165, 1.54) is 6.92 Å². The summed E-state index contributed by atoms with van der Waals surface area (Å²) in [6, 6.07) is 7.49. The summed E-state index contributed by atoms with van der Waals surface area (Å²) < 4.78 is 76.0. The van der Waals surface area contributed by atoms with Gasteiger partial charge in [0.05, 0.1) is 11.1 Å². The van der Waals surface area contributed by atoms with Gasteiger partial charge in [0, 0.05) is 5.57 Å². The van der Waals surface area contributed by atoms with Gasteiger partial charge < -0.3 is 5.11 Å². The molecule has 0 saturated heterocycles. The Morgan fingerprint density at radius 1 is 0.731 bits per heavy atom. The van der Waals surface area contributed by atoms with Crippen LogP contribution in [-0.4, -0.2) is 11.1 Å². The topological polar surface area (TPSA) is 37.3 Å². The third kappa shape index (κ3) is 4.25. The first-order valence-electron chi connectivity index (χ1n) is 7.20. The normalized spacial score (nSPS) is 12.0. The molecule has 2 aromatic rings. The lowest BCUT2D eigenvalue weighted by Gasteiger charge is -2.14. The lowest BCUT2D eigenvalue weighted by Crippen LogP contribution is -2.07. The van der Waals surface area contributed by atoms with Crippen LogP contribution in [0.5, 0.6) is 0 Å². The summed E-state index contributed by atoms with van der Waals surface area (Å²) >= 11 is 0. The van der Waals surface area contributed by atoms with Crippen LogP contribution in [0.4, 0.5) is 26.3 Å². The van der Waals surface area contributed by atoms with Crippen LogP contribution >= 0.6 is 0 Å². The lowest BCUT2D eigenvalue weighted by atomic mass is 9.92. The Morgan fingerprint density at radius 2 is 1.04 bits per heavy atom. The highest BCUT2D eigenvalue weighted by Gasteiger charge is 2.31. The van der Waals surface area contributed by atoms with E-state index in [0.29, 0.717) is 0 Å². The molecule has 0 aliphatic heterocycles. The Hall–Kier alpha value is -2.77. The molecule has 0 atom stereocenters. The summed E-state index contributed by atoms with van der Waals surface area (Å²) in [7, 11) is 0. The fourth-order valence-electron chi connectivity index (χ4n) is 2.36. The second-order valence-corrected chi connectivity index (χ2v) is 5.46. The third-order valence-electron chi connectivity index (χ3n) is 3.70. The van der Waals surface area contributed by atoms with Crippen LogP contribution in [0.15, 0.2) is 54.1 Å². The number of carboxylic acids is 1. The molecule has 0 fully saturated rings. The summed E-state index contributed by atoms with van der Waals surface area (Å²) in [6.45, 7) is 1.23. The number of benzene rings is 2. The Labute approximate surface area is 144 Å². The van der Waals surface area contributed by atoms with E-state index in [9.17, 15) is 36.2 Å². The molecule has 0 spiro atoms. The highest BCUT2D eigenvalue weighted by atomic mass is 19.4. The van der Waals surface area contributed by atoms with Crippen molar-refractivity contribution in [2.45, 2.75) is 19.3 Å². The van der Waals surface area contributed by atoms with Gasteiger partial charge in [-0.1, -0.05) is 24.3 Å². The zero-order valence-electron chi connectivity index (χ0n) is 13.2. The molecule has 8 heteroatoms. The van der Waals surface area contributed by atoms with Gasteiger partial charge in [0.1, 0.15) is 0 Å². The maximum absolute atomic E-state index is 12.7. The summed E-state index contributed by atoms with van der Waals surface area (Å²) in [6.07, 6.45) is -9.11. The van der Waals surface area contributed by atoms with Gasteiger partial charge in [-0.25, -0.2) is 4.79 Å². The Kier molecular flexibility index (Phi) is 5.16. The minimum atomic E-state index is -4.56. The van der Waals surface area contributed by atoms with Crippen LogP contribution < -0.4 is 0 Å². The van der Waals surface area contributed by atoms with Gasteiger partial charge in [0.2, 0.25) is 0 Å². The molecular formula is C18H12F6O2. The molecule has 0 aliphatic carbocycles. The quantitative estimate of drug-likeness (QED) is 0.558. The first kappa shape index (κ1) is 19.6. The fraction of sp³-hybridized carbons (Fsp3) is 0.167. The van der Waals surface area contributed by atoms with E-state index < -0.39 is 29.4 Å². The molecule has 0 heterocycles. The fourth-order valence-corrected chi connectivity index (χ4v) is 2.36. The second-order valence-electron chi connectivity index (χ2n) is 5.46. The molecule has 0 aliphatic rings. The number of hydrogen-bond donors (Lipinski definition) is 1. The van der Waals surface area contributed by atoms with Crippen LogP contribution in [-0.2, 0) is 17.1 Å². The minimum Gasteiger partial charge on any atom is -0.478 e. The van der Waals surface area contributed by atoms with Crippen molar-refractivity contribution in [2.24, 2.45) is 0 Å². The van der Waals surface area contributed by atoms with Crippen molar-refractivity contribution in [1.82, 2.24) is 0 Å². The molecule has 2 aromatic carbocycles. The summed E-state index contributed by atoms with van der Waals surface area (Å²) in [4.78, 5) is 11.3. The molecular weight excluding hydrogens is 362 g/mol. The van der Waals surface area contributed by atoms with Gasteiger partial charge in [-0.05, 0) is 47.9 Å². The van der Waals surface area contributed by atoms with Crippen molar-refractivity contribution in [2.75, 3.05) is 0 Å². The van der Waals surface area contributed by atoms with E-state index in [1.54, 1.807) is 0 Å². The largest absolute Gasteiger partial charge is 0.478 e. The number of carboxylic acid groups (broad SMARTS) is 1. The monoisotopic (exact) mass is 374 g/mol. The Morgan fingerprint density at radius 3 is 1.27 bits per heavy atom.